The van der Waals surface area contributed by atoms with Gasteiger partial charge in [0.25, 0.3) is 0 Å². The van der Waals surface area contributed by atoms with Crippen molar-refractivity contribution >= 4 is 23.5 Å². The number of hydrogen-bond donors (Lipinski definition) is 0. The van der Waals surface area contributed by atoms with Gasteiger partial charge in [0, 0.05) is 0 Å². The number of carbonyl (C=O) groups excluding carboxylic acids is 2. The molecule has 0 saturated carbocycles. The van der Waals surface area contributed by atoms with Crippen LogP contribution in [0.25, 0.3) is 0 Å². The van der Waals surface area contributed by atoms with Crippen LogP contribution in [0.1, 0.15) is 44.5 Å². The van der Waals surface area contributed by atoms with Crippen molar-refractivity contribution in [1.29, 1.82) is 0 Å². The van der Waals surface area contributed by atoms with Gasteiger partial charge in [-0.1, -0.05) is 48.5 Å². The van der Waals surface area contributed by atoms with Gasteiger partial charge in [0.05, 0.1) is 11.4 Å². The molecule has 0 fully saturated rings. The zero-order valence-corrected chi connectivity index (χ0v) is 17.7. The molecule has 3 rings (SSSR count). The Morgan fingerprint density at radius 3 is 1.13 bits per heavy atom. The lowest BCUT2D eigenvalue weighted by atomic mass is 9.96. The number of aryl methyl sites for hydroxylation is 4. The van der Waals surface area contributed by atoms with Gasteiger partial charge in [-0.05, 0) is 85.0 Å². The number of hydrogen-bond acceptors (Lipinski definition) is 4. The van der Waals surface area contributed by atoms with Crippen molar-refractivity contribution in [2.75, 3.05) is 0 Å². The van der Waals surface area contributed by atoms with Crippen molar-refractivity contribution < 1.29 is 9.59 Å². The van der Waals surface area contributed by atoms with Crippen LogP contribution >= 0.6 is 0 Å². The lowest BCUT2D eigenvalue weighted by molar-refractivity contribution is 0.564. The predicted octanol–water partition coefficient (Wildman–Crippen LogP) is 6.04. The summed E-state index contributed by atoms with van der Waals surface area (Å²) < 4.78 is 0. The zero-order chi connectivity index (χ0) is 21.7. The minimum absolute atomic E-state index is 0.708. The molecule has 0 aliphatic rings. The fourth-order valence-corrected chi connectivity index (χ4v) is 3.99. The summed E-state index contributed by atoms with van der Waals surface area (Å²) in [5.41, 5.74) is 10.2. The predicted molar refractivity (Wildman–Crippen MR) is 119 cm³/mol. The van der Waals surface area contributed by atoms with E-state index in [4.69, 9.17) is 0 Å². The second kappa shape index (κ2) is 9.28. The minimum atomic E-state index is 0.708. The molecule has 0 atom stereocenters. The smallest absolute Gasteiger partial charge is 0.211 e. The van der Waals surface area contributed by atoms with E-state index in [1.807, 2.05) is 27.7 Å². The first-order valence-corrected chi connectivity index (χ1v) is 9.85. The maximum atomic E-state index is 10.6. The lowest BCUT2D eigenvalue weighted by Gasteiger charge is -2.10. The number of rotatable bonds is 6. The Balaban J connectivity index is 1.76. The van der Waals surface area contributed by atoms with Crippen molar-refractivity contribution in [3.63, 3.8) is 0 Å². The summed E-state index contributed by atoms with van der Waals surface area (Å²) >= 11 is 0. The fourth-order valence-electron chi connectivity index (χ4n) is 3.99. The van der Waals surface area contributed by atoms with Gasteiger partial charge in [0.2, 0.25) is 12.2 Å². The SMILES string of the molecule is Cc1cc(Cc2ccc(Cc3cc(C)c(N=C=O)c(C)c3)cc2)cc(C)c1N=C=O. The molecule has 0 amide bonds. The summed E-state index contributed by atoms with van der Waals surface area (Å²) in [7, 11) is 0. The first-order valence-electron chi connectivity index (χ1n) is 9.85. The Hall–Kier alpha value is -3.58. The molecular weight excluding hydrogens is 372 g/mol. The maximum Gasteiger partial charge on any atom is 0.240 e. The number of isocyanates is 2. The molecule has 0 unspecified atom stereocenters. The molecule has 3 aromatic rings. The van der Waals surface area contributed by atoms with Crippen molar-refractivity contribution in [2.24, 2.45) is 9.98 Å². The zero-order valence-electron chi connectivity index (χ0n) is 17.7. The number of nitrogens with zero attached hydrogens (tertiary/aromatic N) is 2. The molecule has 0 N–H and O–H groups in total. The van der Waals surface area contributed by atoms with Crippen LogP contribution in [0, 0.1) is 27.7 Å². The van der Waals surface area contributed by atoms with Crippen molar-refractivity contribution in [2.45, 2.75) is 40.5 Å². The second-order valence-electron chi connectivity index (χ2n) is 7.73. The van der Waals surface area contributed by atoms with E-state index < -0.39 is 0 Å². The van der Waals surface area contributed by atoms with E-state index in [9.17, 15) is 9.59 Å². The first-order chi connectivity index (χ1) is 14.4. The van der Waals surface area contributed by atoms with E-state index >= 15 is 0 Å². The van der Waals surface area contributed by atoms with Crippen LogP contribution in [0.2, 0.25) is 0 Å². The molecule has 0 saturated heterocycles. The van der Waals surface area contributed by atoms with Crippen molar-refractivity contribution in [1.82, 2.24) is 0 Å². The largest absolute Gasteiger partial charge is 0.240 e. The van der Waals surface area contributed by atoms with Crippen LogP contribution in [0.15, 0.2) is 58.5 Å². The van der Waals surface area contributed by atoms with E-state index in [-0.39, 0.29) is 0 Å². The van der Waals surface area contributed by atoms with Gasteiger partial charge in [0.15, 0.2) is 0 Å². The highest BCUT2D eigenvalue weighted by atomic mass is 16.1. The summed E-state index contributed by atoms with van der Waals surface area (Å²) in [6.07, 6.45) is 4.91. The maximum absolute atomic E-state index is 10.6. The van der Waals surface area contributed by atoms with Crippen LogP contribution < -0.4 is 0 Å². The van der Waals surface area contributed by atoms with E-state index in [1.54, 1.807) is 12.2 Å². The Labute approximate surface area is 177 Å². The monoisotopic (exact) mass is 396 g/mol. The highest BCUT2D eigenvalue weighted by Crippen LogP contribution is 2.27. The quantitative estimate of drug-likeness (QED) is 0.377. The molecule has 0 spiro atoms. The lowest BCUT2D eigenvalue weighted by Crippen LogP contribution is -1.94. The average Bonchev–Trinajstić information content (AvgIpc) is 2.69. The van der Waals surface area contributed by atoms with Gasteiger partial charge in [-0.25, -0.2) is 9.59 Å². The molecule has 150 valence electrons. The van der Waals surface area contributed by atoms with Crippen LogP contribution in [0.3, 0.4) is 0 Å². The third-order valence-electron chi connectivity index (χ3n) is 5.26. The molecule has 4 heteroatoms. The molecule has 0 aliphatic carbocycles. The normalized spacial score (nSPS) is 10.3. The van der Waals surface area contributed by atoms with Crippen LogP contribution in [-0.4, -0.2) is 12.2 Å². The molecule has 0 aliphatic heterocycles. The summed E-state index contributed by atoms with van der Waals surface area (Å²) in [5, 5.41) is 0. The molecule has 0 radical (unpaired) electrons. The Morgan fingerprint density at radius 1 is 0.567 bits per heavy atom. The molecule has 4 nitrogen and oxygen atoms in total. The molecule has 30 heavy (non-hydrogen) atoms. The van der Waals surface area contributed by atoms with Gasteiger partial charge in [-0.3, -0.25) is 0 Å². The number of aliphatic imine (C=N–C) groups is 2. The van der Waals surface area contributed by atoms with Crippen LogP contribution in [0.4, 0.5) is 11.4 Å². The summed E-state index contributed by atoms with van der Waals surface area (Å²) in [5.74, 6) is 0. The summed E-state index contributed by atoms with van der Waals surface area (Å²) in [4.78, 5) is 28.8. The molecule has 0 bridgehead atoms. The van der Waals surface area contributed by atoms with Crippen molar-refractivity contribution in [3.8, 4) is 0 Å². The molecule has 0 aromatic heterocycles. The third-order valence-corrected chi connectivity index (χ3v) is 5.26. The Kier molecular flexibility index (Phi) is 6.54. The van der Waals surface area contributed by atoms with Gasteiger partial charge < -0.3 is 0 Å². The highest BCUT2D eigenvalue weighted by Gasteiger charge is 2.07. The standard InChI is InChI=1S/C26H24N2O2/c1-17-9-23(10-18(2)25(17)27-15-29)13-21-5-7-22(8-6-21)14-24-11-19(3)26(28-16-30)20(4)12-24/h5-12H,13-14H2,1-4H3. The van der Waals surface area contributed by atoms with E-state index in [0.717, 1.165) is 35.1 Å². The van der Waals surface area contributed by atoms with Gasteiger partial charge in [-0.2, -0.15) is 9.98 Å². The van der Waals surface area contributed by atoms with E-state index in [0.29, 0.717) is 11.4 Å². The highest BCUT2D eigenvalue weighted by molar-refractivity contribution is 5.60. The average molecular weight is 396 g/mol. The van der Waals surface area contributed by atoms with E-state index in [1.165, 1.54) is 22.3 Å². The Morgan fingerprint density at radius 2 is 0.867 bits per heavy atom. The summed E-state index contributed by atoms with van der Waals surface area (Å²) in [6, 6.07) is 16.9. The van der Waals surface area contributed by atoms with Gasteiger partial charge in [0.1, 0.15) is 0 Å². The second-order valence-corrected chi connectivity index (χ2v) is 7.73. The van der Waals surface area contributed by atoms with Crippen molar-refractivity contribution in [3.05, 3.63) is 93.0 Å². The topological polar surface area (TPSA) is 58.9 Å². The summed E-state index contributed by atoms with van der Waals surface area (Å²) in [6.45, 7) is 7.85. The van der Waals surface area contributed by atoms with Crippen LogP contribution in [-0.2, 0) is 22.4 Å². The Bertz CT molecular complexity index is 1040. The number of benzene rings is 3. The molecule has 3 aromatic carbocycles. The van der Waals surface area contributed by atoms with Crippen LogP contribution in [0.5, 0.6) is 0 Å². The fraction of sp³-hybridized carbons (Fsp3) is 0.231. The van der Waals surface area contributed by atoms with Gasteiger partial charge in [-0.15, -0.1) is 0 Å². The first kappa shape index (κ1) is 21.1. The molecule has 0 heterocycles. The third kappa shape index (κ3) is 4.87. The minimum Gasteiger partial charge on any atom is -0.211 e. The molecular formula is C26H24N2O2. The van der Waals surface area contributed by atoms with E-state index in [2.05, 4.69) is 58.5 Å². The van der Waals surface area contributed by atoms with Gasteiger partial charge >= 0.3 is 0 Å².